The SMILES string of the molecule is CC[C@@H](OS(=O)(=O)C(F)(F)F)C(=O)OC(C)(C)C. The summed E-state index contributed by atoms with van der Waals surface area (Å²) in [5.41, 5.74) is -6.52. The first-order valence-electron chi connectivity index (χ1n) is 5.02. The number of hydrogen-bond acceptors (Lipinski definition) is 5. The Kier molecular flexibility index (Phi) is 5.18. The molecule has 0 rings (SSSR count). The Morgan fingerprint density at radius 1 is 1.22 bits per heavy atom. The Labute approximate surface area is 103 Å². The van der Waals surface area contributed by atoms with Crippen molar-refractivity contribution in [3.05, 3.63) is 0 Å². The first kappa shape index (κ1) is 17.2. The van der Waals surface area contributed by atoms with E-state index in [0.717, 1.165) is 0 Å². The third kappa shape index (κ3) is 5.21. The van der Waals surface area contributed by atoms with Gasteiger partial charge in [-0.05, 0) is 27.2 Å². The molecule has 0 bridgehead atoms. The lowest BCUT2D eigenvalue weighted by Crippen LogP contribution is -2.37. The van der Waals surface area contributed by atoms with Gasteiger partial charge < -0.3 is 4.74 Å². The van der Waals surface area contributed by atoms with Gasteiger partial charge in [-0.1, -0.05) is 6.92 Å². The fourth-order valence-electron chi connectivity index (χ4n) is 0.849. The third-order valence-corrected chi connectivity index (χ3v) is 2.62. The fraction of sp³-hybridized carbons (Fsp3) is 0.889. The van der Waals surface area contributed by atoms with Gasteiger partial charge in [-0.3, -0.25) is 0 Å². The van der Waals surface area contributed by atoms with Gasteiger partial charge in [0.1, 0.15) is 5.60 Å². The normalized spacial score (nSPS) is 15.3. The average Bonchev–Trinajstić information content (AvgIpc) is 2.09. The lowest BCUT2D eigenvalue weighted by molar-refractivity contribution is -0.164. The molecule has 0 aliphatic carbocycles. The second kappa shape index (κ2) is 5.43. The molecule has 0 radical (unpaired) electrons. The topological polar surface area (TPSA) is 69.7 Å². The molecule has 0 unspecified atom stereocenters. The Hall–Kier alpha value is -0.830. The smallest absolute Gasteiger partial charge is 0.458 e. The van der Waals surface area contributed by atoms with E-state index in [2.05, 4.69) is 4.18 Å². The van der Waals surface area contributed by atoms with Gasteiger partial charge in [-0.25, -0.2) is 8.98 Å². The van der Waals surface area contributed by atoms with E-state index in [4.69, 9.17) is 4.74 Å². The number of carbonyl (C=O) groups is 1. The summed E-state index contributed by atoms with van der Waals surface area (Å²) in [5.74, 6) is -1.15. The van der Waals surface area contributed by atoms with Gasteiger partial charge in [0, 0.05) is 0 Å². The summed E-state index contributed by atoms with van der Waals surface area (Å²) in [4.78, 5) is 11.4. The van der Waals surface area contributed by atoms with Crippen LogP contribution in [0.25, 0.3) is 0 Å². The van der Waals surface area contributed by atoms with Crippen LogP contribution in [0.15, 0.2) is 0 Å². The van der Waals surface area contributed by atoms with Crippen molar-refractivity contribution in [2.75, 3.05) is 0 Å². The van der Waals surface area contributed by atoms with Crippen molar-refractivity contribution >= 4 is 16.1 Å². The average molecular weight is 292 g/mol. The highest BCUT2D eigenvalue weighted by atomic mass is 32.2. The summed E-state index contributed by atoms with van der Waals surface area (Å²) in [7, 11) is -5.81. The number of ether oxygens (including phenoxy) is 1. The van der Waals surface area contributed by atoms with Gasteiger partial charge in [0.15, 0.2) is 6.10 Å². The van der Waals surface area contributed by atoms with Crippen molar-refractivity contribution in [2.45, 2.75) is 51.3 Å². The molecule has 0 saturated heterocycles. The molecular formula is C9H15F3O5S. The van der Waals surface area contributed by atoms with Crippen molar-refractivity contribution in [1.29, 1.82) is 0 Å². The van der Waals surface area contributed by atoms with Crippen LogP contribution < -0.4 is 0 Å². The summed E-state index contributed by atoms with van der Waals surface area (Å²) in [5, 5.41) is 0. The lowest BCUT2D eigenvalue weighted by atomic mass is 10.2. The molecule has 9 heteroatoms. The van der Waals surface area contributed by atoms with E-state index in [1.807, 2.05) is 0 Å². The zero-order valence-corrected chi connectivity index (χ0v) is 11.2. The van der Waals surface area contributed by atoms with E-state index < -0.39 is 33.3 Å². The molecule has 0 amide bonds. The molecule has 0 heterocycles. The molecule has 0 aliphatic heterocycles. The number of esters is 1. The molecule has 0 aromatic carbocycles. The van der Waals surface area contributed by atoms with Crippen LogP contribution in [0, 0.1) is 0 Å². The second-order valence-corrected chi connectivity index (χ2v) is 5.99. The van der Waals surface area contributed by atoms with Crippen molar-refractivity contribution in [3.8, 4) is 0 Å². The van der Waals surface area contributed by atoms with Crippen LogP contribution >= 0.6 is 0 Å². The maximum absolute atomic E-state index is 12.1. The number of alkyl halides is 3. The fourth-order valence-corrected chi connectivity index (χ4v) is 1.48. The lowest BCUT2D eigenvalue weighted by Gasteiger charge is -2.23. The quantitative estimate of drug-likeness (QED) is 0.450. The minimum Gasteiger partial charge on any atom is -0.458 e. The molecule has 5 nitrogen and oxygen atoms in total. The van der Waals surface area contributed by atoms with Gasteiger partial charge in [-0.15, -0.1) is 0 Å². The van der Waals surface area contributed by atoms with E-state index in [-0.39, 0.29) is 6.42 Å². The monoisotopic (exact) mass is 292 g/mol. The number of rotatable bonds is 4. The largest absolute Gasteiger partial charge is 0.523 e. The highest BCUT2D eigenvalue weighted by Gasteiger charge is 2.49. The first-order chi connectivity index (χ1) is 7.80. The summed E-state index contributed by atoms with van der Waals surface area (Å²) in [6, 6.07) is 0. The predicted molar refractivity (Wildman–Crippen MR) is 56.0 cm³/mol. The van der Waals surface area contributed by atoms with Gasteiger partial charge in [0.25, 0.3) is 0 Å². The van der Waals surface area contributed by atoms with Crippen LogP contribution in [0.1, 0.15) is 34.1 Å². The minimum absolute atomic E-state index is 0.260. The molecule has 1 atom stereocenters. The maximum Gasteiger partial charge on any atom is 0.523 e. The van der Waals surface area contributed by atoms with E-state index >= 15 is 0 Å². The molecule has 0 aromatic rings. The Morgan fingerprint density at radius 3 is 1.94 bits per heavy atom. The van der Waals surface area contributed by atoms with E-state index in [0.29, 0.717) is 0 Å². The molecule has 108 valence electrons. The Bertz CT molecular complexity index is 393. The van der Waals surface area contributed by atoms with Gasteiger partial charge in [0.05, 0.1) is 0 Å². The van der Waals surface area contributed by atoms with Crippen molar-refractivity contribution in [1.82, 2.24) is 0 Å². The molecule has 0 spiro atoms. The van der Waals surface area contributed by atoms with Crippen LogP contribution in [0.5, 0.6) is 0 Å². The standard InChI is InChI=1S/C9H15F3O5S/c1-5-6(7(13)16-8(2,3)4)17-18(14,15)9(10,11)12/h6H,5H2,1-4H3/t6-/m1/s1. The molecule has 0 N–H and O–H groups in total. The predicted octanol–water partition coefficient (Wildman–Crippen LogP) is 1.97. The number of carbonyl (C=O) groups excluding carboxylic acids is 1. The molecule has 0 fully saturated rings. The molecule has 0 saturated carbocycles. The van der Waals surface area contributed by atoms with E-state index in [9.17, 15) is 26.4 Å². The maximum atomic E-state index is 12.1. The zero-order valence-electron chi connectivity index (χ0n) is 10.4. The molecular weight excluding hydrogens is 277 g/mol. The summed E-state index contributed by atoms with van der Waals surface area (Å²) < 4.78 is 66.3. The number of hydrogen-bond donors (Lipinski definition) is 0. The van der Waals surface area contributed by atoms with E-state index in [1.165, 1.54) is 27.7 Å². The highest BCUT2D eigenvalue weighted by Crippen LogP contribution is 2.26. The highest BCUT2D eigenvalue weighted by molar-refractivity contribution is 7.87. The van der Waals surface area contributed by atoms with Gasteiger partial charge in [-0.2, -0.15) is 21.6 Å². The van der Waals surface area contributed by atoms with Crippen molar-refractivity contribution in [3.63, 3.8) is 0 Å². The molecule has 0 aromatic heterocycles. The van der Waals surface area contributed by atoms with Crippen LogP contribution in [-0.2, 0) is 23.8 Å². The van der Waals surface area contributed by atoms with Crippen LogP contribution in [-0.4, -0.2) is 31.6 Å². The van der Waals surface area contributed by atoms with Crippen molar-refractivity contribution < 1.29 is 35.3 Å². The summed E-state index contributed by atoms with van der Waals surface area (Å²) in [6.07, 6.45) is -2.07. The third-order valence-electron chi connectivity index (χ3n) is 1.57. The van der Waals surface area contributed by atoms with Crippen LogP contribution in [0.2, 0.25) is 0 Å². The van der Waals surface area contributed by atoms with Crippen LogP contribution in [0.4, 0.5) is 13.2 Å². The van der Waals surface area contributed by atoms with Gasteiger partial charge >= 0.3 is 21.6 Å². The van der Waals surface area contributed by atoms with Crippen molar-refractivity contribution in [2.24, 2.45) is 0 Å². The molecule has 18 heavy (non-hydrogen) atoms. The summed E-state index contributed by atoms with van der Waals surface area (Å²) >= 11 is 0. The Morgan fingerprint density at radius 2 is 1.67 bits per heavy atom. The zero-order chi connectivity index (χ0) is 14.8. The minimum atomic E-state index is -5.81. The van der Waals surface area contributed by atoms with Gasteiger partial charge in [0.2, 0.25) is 0 Å². The first-order valence-corrected chi connectivity index (χ1v) is 6.43. The summed E-state index contributed by atoms with van der Waals surface area (Å²) in [6.45, 7) is 5.79. The number of halogens is 3. The van der Waals surface area contributed by atoms with Crippen LogP contribution in [0.3, 0.4) is 0 Å². The van der Waals surface area contributed by atoms with E-state index in [1.54, 1.807) is 0 Å². The second-order valence-electron chi connectivity index (χ2n) is 4.43. The molecule has 0 aliphatic rings. The Balaban J connectivity index is 4.89.